The molecule has 0 saturated carbocycles. The van der Waals surface area contributed by atoms with Crippen molar-refractivity contribution in [3.8, 4) is 5.75 Å². The Balaban J connectivity index is 2.15. The largest absolute Gasteiger partial charge is 0.483 e. The maximum absolute atomic E-state index is 13.4. The fraction of sp³-hybridized carbons (Fsp3) is 0.545. The van der Waals surface area contributed by atoms with Gasteiger partial charge in [0.25, 0.3) is 5.95 Å². The van der Waals surface area contributed by atoms with Gasteiger partial charge in [-0.1, -0.05) is 0 Å². The van der Waals surface area contributed by atoms with E-state index in [-0.39, 0.29) is 11.4 Å². The summed E-state index contributed by atoms with van der Waals surface area (Å²) >= 11 is 3.26. The van der Waals surface area contributed by atoms with Crippen molar-refractivity contribution in [3.63, 3.8) is 0 Å². The van der Waals surface area contributed by atoms with Crippen molar-refractivity contribution < 1.29 is 9.13 Å². The molecule has 1 saturated heterocycles. The van der Waals surface area contributed by atoms with E-state index in [4.69, 9.17) is 4.74 Å². The van der Waals surface area contributed by atoms with E-state index >= 15 is 0 Å². The van der Waals surface area contributed by atoms with Crippen LogP contribution in [0.5, 0.6) is 5.75 Å². The lowest BCUT2D eigenvalue weighted by Gasteiger charge is -2.34. The zero-order valence-electron chi connectivity index (χ0n) is 9.09. The number of nitrogens with zero attached hydrogens (tertiary/aromatic N) is 1. The number of rotatable bonds is 2. The third-order valence-electron chi connectivity index (χ3n) is 2.79. The first kappa shape index (κ1) is 11.8. The molecule has 1 aromatic rings. The number of hydrogen-bond acceptors (Lipinski definition) is 3. The summed E-state index contributed by atoms with van der Waals surface area (Å²) in [6, 6.07) is 1.62. The van der Waals surface area contributed by atoms with Crippen molar-refractivity contribution in [1.29, 1.82) is 0 Å². The molecule has 0 atom stereocenters. The van der Waals surface area contributed by atoms with Crippen molar-refractivity contribution in [2.75, 3.05) is 13.1 Å². The van der Waals surface area contributed by atoms with Gasteiger partial charge in [-0.2, -0.15) is 4.39 Å². The molecule has 0 bridgehead atoms. The Kier molecular flexibility index (Phi) is 3.44. The van der Waals surface area contributed by atoms with E-state index in [9.17, 15) is 4.39 Å². The number of hydrogen-bond donors (Lipinski definition) is 1. The maximum Gasteiger partial charge on any atom is 0.255 e. The minimum atomic E-state index is -0.553. The maximum atomic E-state index is 13.4. The smallest absolute Gasteiger partial charge is 0.255 e. The summed E-state index contributed by atoms with van der Waals surface area (Å²) in [6.07, 6.45) is 3.17. The predicted octanol–water partition coefficient (Wildman–Crippen LogP) is 2.50. The average Bonchev–Trinajstić information content (AvgIpc) is 2.24. The Morgan fingerprint density at radius 1 is 1.50 bits per heavy atom. The molecule has 0 radical (unpaired) electrons. The van der Waals surface area contributed by atoms with E-state index in [2.05, 4.69) is 26.2 Å². The number of ether oxygens (including phenoxy) is 1. The summed E-state index contributed by atoms with van der Waals surface area (Å²) in [6.45, 7) is 3.81. The molecule has 0 unspecified atom stereocenters. The van der Waals surface area contributed by atoms with E-state index in [0.717, 1.165) is 30.4 Å². The van der Waals surface area contributed by atoms with Crippen molar-refractivity contribution in [3.05, 3.63) is 22.7 Å². The first-order valence-electron chi connectivity index (χ1n) is 5.30. The number of piperidine rings is 1. The lowest BCUT2D eigenvalue weighted by Crippen LogP contribution is -2.44. The van der Waals surface area contributed by atoms with Crippen molar-refractivity contribution in [1.82, 2.24) is 10.3 Å². The van der Waals surface area contributed by atoms with Crippen LogP contribution >= 0.6 is 15.9 Å². The van der Waals surface area contributed by atoms with Gasteiger partial charge in [0, 0.05) is 16.7 Å². The monoisotopic (exact) mass is 288 g/mol. The lowest BCUT2D eigenvalue weighted by atomic mass is 9.94. The Labute approximate surface area is 103 Å². The highest BCUT2D eigenvalue weighted by Crippen LogP contribution is 2.28. The standard InChI is InChI=1S/C11H14BrFN2O/c1-11(2-4-14-5-3-11)16-9-6-8(12)7-15-10(9)13/h6-7,14H,2-5H2,1H3. The molecule has 88 valence electrons. The molecule has 2 heterocycles. The van der Waals surface area contributed by atoms with E-state index < -0.39 is 5.95 Å². The van der Waals surface area contributed by atoms with Gasteiger partial charge >= 0.3 is 0 Å². The van der Waals surface area contributed by atoms with Crippen LogP contribution in [0.4, 0.5) is 4.39 Å². The van der Waals surface area contributed by atoms with Crippen LogP contribution in [-0.4, -0.2) is 23.7 Å². The molecular weight excluding hydrogens is 275 g/mol. The average molecular weight is 289 g/mol. The van der Waals surface area contributed by atoms with Crippen LogP contribution in [0, 0.1) is 5.95 Å². The van der Waals surface area contributed by atoms with Gasteiger partial charge in [0.1, 0.15) is 5.60 Å². The van der Waals surface area contributed by atoms with E-state index in [1.807, 2.05) is 6.92 Å². The zero-order chi connectivity index (χ0) is 11.6. The van der Waals surface area contributed by atoms with E-state index in [1.165, 1.54) is 6.20 Å². The third kappa shape index (κ3) is 2.71. The Morgan fingerprint density at radius 3 is 2.88 bits per heavy atom. The zero-order valence-corrected chi connectivity index (χ0v) is 10.7. The van der Waals surface area contributed by atoms with Gasteiger partial charge in [0.05, 0.1) is 0 Å². The number of pyridine rings is 1. The normalized spacial score (nSPS) is 19.4. The quantitative estimate of drug-likeness (QED) is 0.849. The summed E-state index contributed by atoms with van der Waals surface area (Å²) in [5, 5.41) is 3.25. The Bertz CT molecular complexity index is 380. The molecule has 0 spiro atoms. The molecule has 1 fully saturated rings. The SMILES string of the molecule is CC1(Oc2cc(Br)cnc2F)CCNCC1. The molecule has 1 aromatic heterocycles. The first-order valence-corrected chi connectivity index (χ1v) is 6.09. The molecular formula is C11H14BrFN2O. The minimum Gasteiger partial charge on any atom is -0.483 e. The van der Waals surface area contributed by atoms with Crippen LogP contribution in [-0.2, 0) is 0 Å². The van der Waals surface area contributed by atoms with Crippen molar-refractivity contribution in [2.24, 2.45) is 0 Å². The van der Waals surface area contributed by atoms with Crippen LogP contribution in [0.25, 0.3) is 0 Å². The van der Waals surface area contributed by atoms with Gasteiger partial charge in [-0.05, 0) is 48.8 Å². The fourth-order valence-electron chi connectivity index (χ4n) is 1.80. The highest BCUT2D eigenvalue weighted by atomic mass is 79.9. The van der Waals surface area contributed by atoms with Gasteiger partial charge in [0.15, 0.2) is 5.75 Å². The van der Waals surface area contributed by atoms with Crippen LogP contribution in [0.3, 0.4) is 0 Å². The first-order chi connectivity index (χ1) is 7.59. The van der Waals surface area contributed by atoms with Gasteiger partial charge in [-0.3, -0.25) is 0 Å². The van der Waals surface area contributed by atoms with E-state index in [0.29, 0.717) is 0 Å². The second-order valence-corrected chi connectivity index (χ2v) is 5.16. The number of aromatic nitrogens is 1. The van der Waals surface area contributed by atoms with Gasteiger partial charge in [-0.15, -0.1) is 0 Å². The topological polar surface area (TPSA) is 34.1 Å². The minimum absolute atomic E-state index is 0.221. The molecule has 1 aliphatic heterocycles. The number of halogens is 2. The lowest BCUT2D eigenvalue weighted by molar-refractivity contribution is 0.0504. The molecule has 1 N–H and O–H groups in total. The molecule has 0 aliphatic carbocycles. The summed E-state index contributed by atoms with van der Waals surface area (Å²) in [5.41, 5.74) is -0.297. The second kappa shape index (κ2) is 4.67. The second-order valence-electron chi connectivity index (χ2n) is 4.24. The summed E-state index contributed by atoms with van der Waals surface area (Å²) in [7, 11) is 0. The third-order valence-corrected chi connectivity index (χ3v) is 3.22. The molecule has 1 aliphatic rings. The molecule has 2 rings (SSSR count). The van der Waals surface area contributed by atoms with Crippen molar-refractivity contribution in [2.45, 2.75) is 25.4 Å². The fourth-order valence-corrected chi connectivity index (χ4v) is 2.11. The van der Waals surface area contributed by atoms with Gasteiger partial charge < -0.3 is 10.1 Å². The molecule has 5 heteroatoms. The number of nitrogens with one attached hydrogen (secondary N) is 1. The molecule has 0 aromatic carbocycles. The van der Waals surface area contributed by atoms with Crippen LogP contribution in [0.2, 0.25) is 0 Å². The summed E-state index contributed by atoms with van der Waals surface area (Å²) < 4.78 is 19.9. The predicted molar refractivity (Wildman–Crippen MR) is 63.0 cm³/mol. The van der Waals surface area contributed by atoms with E-state index in [1.54, 1.807) is 6.07 Å². The van der Waals surface area contributed by atoms with Crippen molar-refractivity contribution >= 4 is 15.9 Å². The molecule has 3 nitrogen and oxygen atoms in total. The van der Waals surface area contributed by atoms with Crippen LogP contribution in [0.1, 0.15) is 19.8 Å². The summed E-state index contributed by atoms with van der Waals surface area (Å²) in [4.78, 5) is 3.62. The highest BCUT2D eigenvalue weighted by Gasteiger charge is 2.29. The van der Waals surface area contributed by atoms with Crippen LogP contribution in [0.15, 0.2) is 16.7 Å². The Morgan fingerprint density at radius 2 is 2.19 bits per heavy atom. The van der Waals surface area contributed by atoms with Crippen LogP contribution < -0.4 is 10.1 Å². The van der Waals surface area contributed by atoms with Gasteiger partial charge in [0.2, 0.25) is 0 Å². The van der Waals surface area contributed by atoms with Gasteiger partial charge in [-0.25, -0.2) is 4.98 Å². The molecule has 0 amide bonds. The summed E-state index contributed by atoms with van der Waals surface area (Å²) in [5.74, 6) is -0.332. The molecule has 16 heavy (non-hydrogen) atoms. The Hall–Kier alpha value is -0.680. The highest BCUT2D eigenvalue weighted by molar-refractivity contribution is 9.10.